The molecule has 1 aliphatic rings. The van der Waals surface area contributed by atoms with Crippen LogP contribution in [0.25, 0.3) is 12.2 Å². The van der Waals surface area contributed by atoms with Gasteiger partial charge in [-0.1, -0.05) is 0 Å². The average molecular weight is 294 g/mol. The molecule has 4 nitrogen and oxygen atoms in total. The van der Waals surface area contributed by atoms with Crippen LogP contribution >= 0.6 is 0 Å². The lowest BCUT2D eigenvalue weighted by atomic mass is 9.95. The number of H-pyrrole nitrogens is 2. The Hall–Kier alpha value is -2.59. The van der Waals surface area contributed by atoms with Crippen LogP contribution < -0.4 is 14.9 Å². The van der Waals surface area contributed by atoms with Crippen molar-refractivity contribution in [3.63, 3.8) is 0 Å². The Morgan fingerprint density at radius 3 is 1.86 bits per heavy atom. The predicted molar refractivity (Wildman–Crippen MR) is 83.6 cm³/mol. The van der Waals surface area contributed by atoms with E-state index in [1.807, 2.05) is 61.2 Å². The lowest BCUT2D eigenvalue weighted by molar-refractivity contribution is -0.870. The van der Waals surface area contributed by atoms with Crippen molar-refractivity contribution in [2.75, 3.05) is 20.1 Å². The Morgan fingerprint density at radius 1 is 0.955 bits per heavy atom. The second-order valence-electron chi connectivity index (χ2n) is 5.65. The molecule has 0 saturated carbocycles. The van der Waals surface area contributed by atoms with Crippen LogP contribution in [0.5, 0.6) is 0 Å². The number of nitrogens with one attached hydrogen (secondary N) is 3. The summed E-state index contributed by atoms with van der Waals surface area (Å²) >= 11 is 0. The molecule has 110 valence electrons. The summed E-state index contributed by atoms with van der Waals surface area (Å²) in [5.41, 5.74) is 3.75. The summed E-state index contributed by atoms with van der Waals surface area (Å²) in [6.45, 7) is 1.51. The highest BCUT2D eigenvalue weighted by molar-refractivity contribution is 6.14. The summed E-state index contributed by atoms with van der Waals surface area (Å²) in [6, 6.07) is 7.87. The molecular formula is C18H20N3O+3. The number of rotatable bonds is 2. The molecule has 0 bridgehead atoms. The number of piperidine rings is 1. The second kappa shape index (κ2) is 6.45. The number of carbonyl (C=O) groups excluding carboxylic acids is 1. The molecule has 1 saturated heterocycles. The van der Waals surface area contributed by atoms with E-state index in [2.05, 4.69) is 17.0 Å². The monoisotopic (exact) mass is 294 g/mol. The molecule has 1 fully saturated rings. The Labute approximate surface area is 129 Å². The minimum atomic E-state index is 0.151. The van der Waals surface area contributed by atoms with Crippen LogP contribution in [-0.4, -0.2) is 25.9 Å². The van der Waals surface area contributed by atoms with Crippen LogP contribution in [0.2, 0.25) is 0 Å². The van der Waals surface area contributed by atoms with E-state index in [9.17, 15) is 4.79 Å². The molecule has 3 rings (SSSR count). The number of likely N-dealkylation sites (tertiary alicyclic amines) is 1. The van der Waals surface area contributed by atoms with Crippen molar-refractivity contribution in [2.24, 2.45) is 0 Å². The topological polar surface area (TPSA) is 49.8 Å². The summed E-state index contributed by atoms with van der Waals surface area (Å²) in [4.78, 5) is 20.1. The summed E-state index contributed by atoms with van der Waals surface area (Å²) in [5.74, 6) is 0.151. The van der Waals surface area contributed by atoms with Gasteiger partial charge in [-0.25, -0.2) is 9.97 Å². The second-order valence-corrected chi connectivity index (χ2v) is 5.65. The minimum absolute atomic E-state index is 0.151. The van der Waals surface area contributed by atoms with E-state index in [0.29, 0.717) is 0 Å². The third kappa shape index (κ3) is 3.35. The van der Waals surface area contributed by atoms with Gasteiger partial charge < -0.3 is 4.90 Å². The Kier molecular flexibility index (Phi) is 4.21. The van der Waals surface area contributed by atoms with Crippen LogP contribution in [0.1, 0.15) is 11.1 Å². The van der Waals surface area contributed by atoms with Gasteiger partial charge >= 0.3 is 0 Å². The Morgan fingerprint density at radius 2 is 1.45 bits per heavy atom. The summed E-state index contributed by atoms with van der Waals surface area (Å²) in [6.07, 6.45) is 11.5. The zero-order valence-corrected chi connectivity index (χ0v) is 12.6. The molecule has 1 aliphatic heterocycles. The summed E-state index contributed by atoms with van der Waals surface area (Å²) in [7, 11) is 2.11. The van der Waals surface area contributed by atoms with Gasteiger partial charge in [-0.3, -0.25) is 4.79 Å². The maximum absolute atomic E-state index is 12.7. The number of likely N-dealkylation sites (N-methyl/N-ethyl adjacent to an activating group) is 1. The zero-order valence-electron chi connectivity index (χ0n) is 12.6. The van der Waals surface area contributed by atoms with E-state index in [-0.39, 0.29) is 5.78 Å². The van der Waals surface area contributed by atoms with E-state index in [4.69, 9.17) is 0 Å². The number of carbonyl (C=O) groups is 1. The van der Waals surface area contributed by atoms with E-state index in [0.717, 1.165) is 35.4 Å². The molecular weight excluding hydrogens is 274 g/mol. The molecule has 0 aliphatic carbocycles. The number of Topliss-reactive ketones (excluding diaryl/α,β-unsaturated/α-hetero) is 1. The van der Waals surface area contributed by atoms with Gasteiger partial charge in [0.15, 0.2) is 30.6 Å². The maximum Gasteiger partial charge on any atom is 0.196 e. The largest absolute Gasteiger partial charge is 0.330 e. The zero-order chi connectivity index (χ0) is 15.4. The van der Waals surface area contributed by atoms with Gasteiger partial charge in [0.05, 0.1) is 18.2 Å². The third-order valence-corrected chi connectivity index (χ3v) is 3.71. The molecule has 0 amide bonds. The summed E-state index contributed by atoms with van der Waals surface area (Å²) in [5, 5.41) is 0. The van der Waals surface area contributed by atoms with E-state index in [1.54, 1.807) is 0 Å². The number of quaternary nitrogens is 1. The van der Waals surface area contributed by atoms with Gasteiger partial charge in [-0.05, 0) is 24.3 Å². The molecule has 0 spiro atoms. The molecule has 3 heterocycles. The molecule has 3 N–H and O–H groups in total. The van der Waals surface area contributed by atoms with Crippen molar-refractivity contribution < 1.29 is 19.7 Å². The van der Waals surface area contributed by atoms with Crippen molar-refractivity contribution in [3.05, 3.63) is 71.3 Å². The highest BCUT2D eigenvalue weighted by atomic mass is 16.1. The molecule has 0 unspecified atom stereocenters. The van der Waals surface area contributed by atoms with Gasteiger partial charge in [-0.2, -0.15) is 0 Å². The quantitative estimate of drug-likeness (QED) is 0.771. The van der Waals surface area contributed by atoms with Crippen molar-refractivity contribution in [3.8, 4) is 0 Å². The first-order valence-corrected chi connectivity index (χ1v) is 7.42. The fraction of sp³-hybridized carbons (Fsp3) is 0.167. The van der Waals surface area contributed by atoms with Crippen molar-refractivity contribution in [1.29, 1.82) is 0 Å². The standard InChI is InChI=1S/C18H17N3O/c1-21-12-16(8-14-4-2-6-19-10-14)18(22)17(13-21)9-15-5-3-7-20-11-15/h2-11H,12-13H2,1H3/p+3. The first-order valence-electron chi connectivity index (χ1n) is 7.42. The number of hydrogen-bond acceptors (Lipinski definition) is 1. The van der Waals surface area contributed by atoms with Crippen LogP contribution in [0.3, 0.4) is 0 Å². The molecule has 2 aromatic rings. The molecule has 0 radical (unpaired) electrons. The van der Waals surface area contributed by atoms with E-state index >= 15 is 0 Å². The van der Waals surface area contributed by atoms with Crippen LogP contribution in [-0.2, 0) is 4.79 Å². The van der Waals surface area contributed by atoms with Crippen LogP contribution in [0.4, 0.5) is 0 Å². The number of aromatic nitrogens is 2. The van der Waals surface area contributed by atoms with Crippen molar-refractivity contribution >= 4 is 17.9 Å². The lowest BCUT2D eigenvalue weighted by Gasteiger charge is -2.23. The van der Waals surface area contributed by atoms with Gasteiger partial charge in [0.25, 0.3) is 0 Å². The number of hydrogen-bond donors (Lipinski definition) is 1. The lowest BCUT2D eigenvalue weighted by Crippen LogP contribution is -3.10. The fourth-order valence-electron chi connectivity index (χ4n) is 2.71. The smallest absolute Gasteiger partial charge is 0.196 e. The van der Waals surface area contributed by atoms with Crippen LogP contribution in [0, 0.1) is 0 Å². The predicted octanol–water partition coefficient (Wildman–Crippen LogP) is -0.121. The van der Waals surface area contributed by atoms with Crippen LogP contribution in [0.15, 0.2) is 60.2 Å². The fourth-order valence-corrected chi connectivity index (χ4v) is 2.71. The first-order chi connectivity index (χ1) is 10.7. The first kappa shape index (κ1) is 14.4. The molecule has 2 aromatic heterocycles. The van der Waals surface area contributed by atoms with E-state index < -0.39 is 0 Å². The van der Waals surface area contributed by atoms with Gasteiger partial charge in [0.1, 0.15) is 13.1 Å². The van der Waals surface area contributed by atoms with Gasteiger partial charge in [0.2, 0.25) is 0 Å². The maximum atomic E-state index is 12.7. The van der Waals surface area contributed by atoms with E-state index in [1.165, 1.54) is 4.90 Å². The van der Waals surface area contributed by atoms with Gasteiger partial charge in [-0.15, -0.1) is 0 Å². The van der Waals surface area contributed by atoms with Crippen molar-refractivity contribution in [2.45, 2.75) is 0 Å². The average Bonchev–Trinajstić information content (AvgIpc) is 2.54. The third-order valence-electron chi connectivity index (χ3n) is 3.71. The molecule has 4 heteroatoms. The number of pyridine rings is 2. The number of aromatic amines is 2. The molecule has 0 atom stereocenters. The van der Waals surface area contributed by atoms with Crippen molar-refractivity contribution in [1.82, 2.24) is 0 Å². The highest BCUT2D eigenvalue weighted by Crippen LogP contribution is 2.14. The number of ketones is 1. The Bertz CT molecular complexity index is 659. The summed E-state index contributed by atoms with van der Waals surface area (Å²) < 4.78 is 0. The Balaban J connectivity index is 1.92. The highest BCUT2D eigenvalue weighted by Gasteiger charge is 2.27. The normalized spacial score (nSPS) is 22.2. The molecule has 22 heavy (non-hydrogen) atoms. The SMILES string of the molecule is C[NH+]1CC(=Cc2ccc[nH+]c2)C(=O)C(=Cc2ccc[nH+]c2)C1. The van der Waals surface area contributed by atoms with Gasteiger partial charge in [0, 0.05) is 23.3 Å². The minimum Gasteiger partial charge on any atom is -0.330 e. The molecule has 0 aromatic carbocycles.